The lowest BCUT2D eigenvalue weighted by molar-refractivity contribution is -0.0428. The molecule has 4 heteroatoms. The zero-order valence-electron chi connectivity index (χ0n) is 10.7. The summed E-state index contributed by atoms with van der Waals surface area (Å²) >= 11 is 0. The third kappa shape index (κ3) is 2.38. The van der Waals surface area contributed by atoms with Gasteiger partial charge < -0.3 is 9.47 Å². The third-order valence-electron chi connectivity index (χ3n) is 3.37. The standard InChI is InChI=1S/C14H17FO3/c1-14(7-3-4-8-18-14)13(16)11-6-5-10(17-2)9-12(11)15/h5-6,9H,3-4,7-8H2,1-2H3. The van der Waals surface area contributed by atoms with Gasteiger partial charge in [-0.25, -0.2) is 4.39 Å². The molecule has 98 valence electrons. The van der Waals surface area contributed by atoms with Crippen LogP contribution in [0.1, 0.15) is 36.5 Å². The van der Waals surface area contributed by atoms with Crippen molar-refractivity contribution in [3.63, 3.8) is 0 Å². The molecule has 0 spiro atoms. The smallest absolute Gasteiger partial charge is 0.197 e. The van der Waals surface area contributed by atoms with Crippen molar-refractivity contribution in [1.82, 2.24) is 0 Å². The van der Waals surface area contributed by atoms with Crippen LogP contribution in [0.25, 0.3) is 0 Å². The van der Waals surface area contributed by atoms with Gasteiger partial charge in [0.15, 0.2) is 5.78 Å². The molecule has 18 heavy (non-hydrogen) atoms. The van der Waals surface area contributed by atoms with Crippen LogP contribution in [0, 0.1) is 5.82 Å². The summed E-state index contributed by atoms with van der Waals surface area (Å²) < 4.78 is 24.3. The fraction of sp³-hybridized carbons (Fsp3) is 0.500. The monoisotopic (exact) mass is 252 g/mol. The van der Waals surface area contributed by atoms with E-state index in [4.69, 9.17) is 9.47 Å². The van der Waals surface area contributed by atoms with Crippen LogP contribution in [0.4, 0.5) is 4.39 Å². The molecule has 1 aliphatic heterocycles. The van der Waals surface area contributed by atoms with Crippen LogP contribution in [0.2, 0.25) is 0 Å². The molecule has 1 saturated heterocycles. The van der Waals surface area contributed by atoms with Crippen molar-refractivity contribution in [3.05, 3.63) is 29.6 Å². The molecule has 0 aromatic heterocycles. The van der Waals surface area contributed by atoms with Gasteiger partial charge in [-0.1, -0.05) is 0 Å². The van der Waals surface area contributed by atoms with Gasteiger partial charge in [0.2, 0.25) is 0 Å². The molecule has 0 radical (unpaired) electrons. The van der Waals surface area contributed by atoms with Gasteiger partial charge in [-0.05, 0) is 38.3 Å². The van der Waals surface area contributed by atoms with E-state index < -0.39 is 11.4 Å². The Bertz CT molecular complexity index is 450. The second kappa shape index (κ2) is 5.06. The molecule has 0 N–H and O–H groups in total. The molecular weight excluding hydrogens is 235 g/mol. The third-order valence-corrected chi connectivity index (χ3v) is 3.37. The van der Waals surface area contributed by atoms with E-state index in [0.29, 0.717) is 18.8 Å². The van der Waals surface area contributed by atoms with Crippen molar-refractivity contribution >= 4 is 5.78 Å². The summed E-state index contributed by atoms with van der Waals surface area (Å²) in [6.45, 7) is 2.29. The SMILES string of the molecule is COc1ccc(C(=O)C2(C)CCCCO2)c(F)c1. The molecule has 1 aromatic carbocycles. The van der Waals surface area contributed by atoms with E-state index in [1.807, 2.05) is 0 Å². The average Bonchev–Trinajstić information content (AvgIpc) is 2.38. The highest BCUT2D eigenvalue weighted by Crippen LogP contribution is 2.30. The van der Waals surface area contributed by atoms with Crippen LogP contribution in [-0.4, -0.2) is 25.1 Å². The van der Waals surface area contributed by atoms with Crippen LogP contribution in [0.15, 0.2) is 18.2 Å². The Hall–Kier alpha value is -1.42. The van der Waals surface area contributed by atoms with E-state index in [9.17, 15) is 9.18 Å². The molecular formula is C14H17FO3. The predicted molar refractivity (Wildman–Crippen MR) is 65.5 cm³/mol. The quantitative estimate of drug-likeness (QED) is 0.776. The summed E-state index contributed by atoms with van der Waals surface area (Å²) in [6, 6.07) is 4.27. The van der Waals surface area contributed by atoms with Crippen LogP contribution < -0.4 is 4.74 Å². The zero-order chi connectivity index (χ0) is 13.2. The number of hydrogen-bond acceptors (Lipinski definition) is 3. The minimum atomic E-state index is -0.895. The molecule has 0 aliphatic carbocycles. The number of halogens is 1. The first kappa shape index (κ1) is 13.0. The van der Waals surface area contributed by atoms with Crippen molar-refractivity contribution in [3.8, 4) is 5.75 Å². The first-order chi connectivity index (χ1) is 8.57. The normalized spacial score (nSPS) is 23.7. The molecule has 2 rings (SSSR count). The lowest BCUT2D eigenvalue weighted by Gasteiger charge is -2.32. The number of rotatable bonds is 3. The van der Waals surface area contributed by atoms with Crippen LogP contribution in [0.3, 0.4) is 0 Å². The van der Waals surface area contributed by atoms with E-state index in [-0.39, 0.29) is 11.3 Å². The molecule has 1 heterocycles. The molecule has 3 nitrogen and oxygen atoms in total. The number of carbonyl (C=O) groups excluding carboxylic acids is 1. The number of ether oxygens (including phenoxy) is 2. The average molecular weight is 252 g/mol. The lowest BCUT2D eigenvalue weighted by atomic mass is 9.87. The Kier molecular flexibility index (Phi) is 3.66. The Morgan fingerprint density at radius 3 is 2.78 bits per heavy atom. The van der Waals surface area contributed by atoms with Crippen LogP contribution in [-0.2, 0) is 4.74 Å². The largest absolute Gasteiger partial charge is 0.497 e. The van der Waals surface area contributed by atoms with Crippen molar-refractivity contribution in [2.45, 2.75) is 31.8 Å². The summed E-state index contributed by atoms with van der Waals surface area (Å²) in [5.74, 6) is -0.448. The van der Waals surface area contributed by atoms with Gasteiger partial charge in [-0.15, -0.1) is 0 Å². The summed E-state index contributed by atoms with van der Waals surface area (Å²) in [5, 5.41) is 0. The van der Waals surface area contributed by atoms with Crippen molar-refractivity contribution in [2.75, 3.05) is 13.7 Å². The molecule has 1 unspecified atom stereocenters. The van der Waals surface area contributed by atoms with E-state index in [0.717, 1.165) is 12.8 Å². The number of ketones is 1. The molecule has 0 saturated carbocycles. The molecule has 0 amide bonds. The molecule has 0 bridgehead atoms. The highest BCUT2D eigenvalue weighted by Gasteiger charge is 2.37. The fourth-order valence-corrected chi connectivity index (χ4v) is 2.20. The van der Waals surface area contributed by atoms with Gasteiger partial charge in [-0.3, -0.25) is 4.79 Å². The summed E-state index contributed by atoms with van der Waals surface area (Å²) in [4.78, 5) is 12.3. The van der Waals surface area contributed by atoms with E-state index in [1.54, 1.807) is 13.0 Å². The van der Waals surface area contributed by atoms with Crippen molar-refractivity contribution in [1.29, 1.82) is 0 Å². The summed E-state index contributed by atoms with van der Waals surface area (Å²) in [5.41, 5.74) is -0.826. The summed E-state index contributed by atoms with van der Waals surface area (Å²) in [6.07, 6.45) is 2.52. The Morgan fingerprint density at radius 1 is 1.44 bits per heavy atom. The van der Waals surface area contributed by atoms with Crippen LogP contribution in [0.5, 0.6) is 5.75 Å². The number of Topliss-reactive ketones (excluding diaryl/α,β-unsaturated/α-hetero) is 1. The van der Waals surface area contributed by atoms with Gasteiger partial charge in [0, 0.05) is 12.7 Å². The van der Waals surface area contributed by atoms with Gasteiger partial charge >= 0.3 is 0 Å². The van der Waals surface area contributed by atoms with Crippen molar-refractivity contribution < 1.29 is 18.7 Å². The van der Waals surface area contributed by atoms with Gasteiger partial charge in [0.05, 0.1) is 12.7 Å². The maximum absolute atomic E-state index is 13.9. The van der Waals surface area contributed by atoms with E-state index >= 15 is 0 Å². The second-order valence-corrected chi connectivity index (χ2v) is 4.71. The number of hydrogen-bond donors (Lipinski definition) is 0. The highest BCUT2D eigenvalue weighted by molar-refractivity contribution is 6.02. The Morgan fingerprint density at radius 2 is 2.22 bits per heavy atom. The van der Waals surface area contributed by atoms with Crippen molar-refractivity contribution in [2.24, 2.45) is 0 Å². The minimum absolute atomic E-state index is 0.0696. The maximum atomic E-state index is 13.9. The number of benzene rings is 1. The molecule has 1 aliphatic rings. The number of carbonyl (C=O) groups is 1. The fourth-order valence-electron chi connectivity index (χ4n) is 2.20. The minimum Gasteiger partial charge on any atom is -0.497 e. The number of methoxy groups -OCH3 is 1. The Labute approximate surface area is 106 Å². The van der Waals surface area contributed by atoms with E-state index in [2.05, 4.69) is 0 Å². The molecule has 1 fully saturated rings. The van der Waals surface area contributed by atoms with Crippen LogP contribution >= 0.6 is 0 Å². The first-order valence-corrected chi connectivity index (χ1v) is 6.09. The Balaban J connectivity index is 2.28. The zero-order valence-corrected chi connectivity index (χ0v) is 10.7. The van der Waals surface area contributed by atoms with Gasteiger partial charge in [0.25, 0.3) is 0 Å². The van der Waals surface area contributed by atoms with Gasteiger partial charge in [-0.2, -0.15) is 0 Å². The maximum Gasteiger partial charge on any atom is 0.197 e. The highest BCUT2D eigenvalue weighted by atomic mass is 19.1. The lowest BCUT2D eigenvalue weighted by Crippen LogP contribution is -2.41. The topological polar surface area (TPSA) is 35.5 Å². The first-order valence-electron chi connectivity index (χ1n) is 6.09. The second-order valence-electron chi connectivity index (χ2n) is 4.71. The molecule has 1 aromatic rings. The predicted octanol–water partition coefficient (Wildman–Crippen LogP) is 2.98. The van der Waals surface area contributed by atoms with E-state index in [1.165, 1.54) is 19.2 Å². The summed E-state index contributed by atoms with van der Waals surface area (Å²) in [7, 11) is 1.46. The van der Waals surface area contributed by atoms with Gasteiger partial charge in [0.1, 0.15) is 17.2 Å². The molecule has 1 atom stereocenters.